The molecule has 5 heteroatoms. The van der Waals surface area contributed by atoms with Gasteiger partial charge in [0.2, 0.25) is 0 Å². The Labute approximate surface area is 126 Å². The van der Waals surface area contributed by atoms with E-state index in [9.17, 15) is 4.39 Å². The van der Waals surface area contributed by atoms with Gasteiger partial charge in [-0.3, -0.25) is 0 Å². The van der Waals surface area contributed by atoms with Crippen LogP contribution in [-0.4, -0.2) is 9.55 Å². The van der Waals surface area contributed by atoms with Crippen LogP contribution in [0.5, 0.6) is 0 Å². The molecule has 0 saturated heterocycles. The number of hydrogen-bond acceptors (Lipinski definition) is 1. The molecule has 1 aromatic heterocycles. The molecule has 0 bridgehead atoms. The second-order valence-electron chi connectivity index (χ2n) is 5.83. The maximum atomic E-state index is 13.6. The average molecular weight is 348 g/mol. The van der Waals surface area contributed by atoms with Crippen LogP contribution in [0, 0.1) is 11.2 Å². The van der Waals surface area contributed by atoms with E-state index in [1.54, 1.807) is 6.07 Å². The standard InChI is InChI=1S/C14H17BrClFN2/c1-8(14(2,3)4)19-12-5-9(15)10(17)6-11(12)18-13(19)7-16/h5-6,8H,7H2,1-4H3. The lowest BCUT2D eigenvalue weighted by Gasteiger charge is -2.30. The highest BCUT2D eigenvalue weighted by Crippen LogP contribution is 2.35. The quantitative estimate of drug-likeness (QED) is 0.675. The van der Waals surface area contributed by atoms with Gasteiger partial charge in [-0.15, -0.1) is 11.6 Å². The normalized spacial score (nSPS) is 14.1. The third-order valence-electron chi connectivity index (χ3n) is 3.56. The Hall–Kier alpha value is -0.610. The summed E-state index contributed by atoms with van der Waals surface area (Å²) in [6.45, 7) is 8.63. The van der Waals surface area contributed by atoms with Gasteiger partial charge in [-0.2, -0.15) is 0 Å². The molecule has 0 fully saturated rings. The monoisotopic (exact) mass is 346 g/mol. The third kappa shape index (κ3) is 2.65. The molecule has 1 aromatic carbocycles. The van der Waals surface area contributed by atoms with E-state index in [1.807, 2.05) is 0 Å². The number of imidazole rings is 1. The molecule has 104 valence electrons. The lowest BCUT2D eigenvalue weighted by molar-refractivity contribution is 0.264. The molecule has 1 unspecified atom stereocenters. The van der Waals surface area contributed by atoms with Crippen LogP contribution in [-0.2, 0) is 5.88 Å². The zero-order chi connectivity index (χ0) is 14.4. The summed E-state index contributed by atoms with van der Waals surface area (Å²) in [5.41, 5.74) is 1.62. The lowest BCUT2D eigenvalue weighted by Crippen LogP contribution is -2.23. The number of hydrogen-bond donors (Lipinski definition) is 0. The van der Waals surface area contributed by atoms with E-state index in [0.717, 1.165) is 11.3 Å². The minimum Gasteiger partial charge on any atom is -0.324 e. The van der Waals surface area contributed by atoms with Crippen molar-refractivity contribution in [3.05, 3.63) is 28.2 Å². The van der Waals surface area contributed by atoms with Crippen molar-refractivity contribution in [1.82, 2.24) is 9.55 Å². The van der Waals surface area contributed by atoms with Gasteiger partial charge in [-0.05, 0) is 34.3 Å². The van der Waals surface area contributed by atoms with E-state index in [4.69, 9.17) is 11.6 Å². The highest BCUT2D eigenvalue weighted by Gasteiger charge is 2.26. The summed E-state index contributed by atoms with van der Waals surface area (Å²) in [4.78, 5) is 4.44. The van der Waals surface area contributed by atoms with Crippen molar-refractivity contribution in [2.24, 2.45) is 5.41 Å². The number of rotatable bonds is 2. The predicted molar refractivity (Wildman–Crippen MR) is 81.1 cm³/mol. The first-order valence-electron chi connectivity index (χ1n) is 6.17. The minimum atomic E-state index is -0.304. The second kappa shape index (κ2) is 5.06. The molecule has 0 aliphatic rings. The molecule has 2 aromatic rings. The molecule has 0 spiro atoms. The first-order valence-corrected chi connectivity index (χ1v) is 7.50. The van der Waals surface area contributed by atoms with Crippen molar-refractivity contribution in [3.63, 3.8) is 0 Å². The van der Waals surface area contributed by atoms with E-state index < -0.39 is 0 Å². The highest BCUT2D eigenvalue weighted by atomic mass is 79.9. The Morgan fingerprint density at radius 2 is 2.05 bits per heavy atom. The van der Waals surface area contributed by atoms with Crippen LogP contribution in [0.25, 0.3) is 11.0 Å². The number of halogens is 3. The van der Waals surface area contributed by atoms with Gasteiger partial charge in [0, 0.05) is 12.1 Å². The van der Waals surface area contributed by atoms with Gasteiger partial charge in [-0.25, -0.2) is 9.37 Å². The molecule has 1 atom stereocenters. The highest BCUT2D eigenvalue weighted by molar-refractivity contribution is 9.10. The maximum absolute atomic E-state index is 13.6. The van der Waals surface area contributed by atoms with Crippen LogP contribution in [0.1, 0.15) is 39.6 Å². The van der Waals surface area contributed by atoms with E-state index in [1.165, 1.54) is 6.07 Å². The Kier molecular flexibility index (Phi) is 3.94. The van der Waals surface area contributed by atoms with Crippen LogP contribution in [0.15, 0.2) is 16.6 Å². The average Bonchev–Trinajstić information content (AvgIpc) is 2.65. The first-order chi connectivity index (χ1) is 8.75. The fraction of sp³-hybridized carbons (Fsp3) is 0.500. The van der Waals surface area contributed by atoms with E-state index in [2.05, 4.69) is 53.2 Å². The van der Waals surface area contributed by atoms with Crippen molar-refractivity contribution in [1.29, 1.82) is 0 Å². The van der Waals surface area contributed by atoms with Crippen LogP contribution in [0.3, 0.4) is 0 Å². The summed E-state index contributed by atoms with van der Waals surface area (Å²) in [5.74, 6) is 0.784. The van der Waals surface area contributed by atoms with Crippen molar-refractivity contribution >= 4 is 38.6 Å². The van der Waals surface area contributed by atoms with E-state index in [0.29, 0.717) is 15.9 Å². The number of benzene rings is 1. The third-order valence-corrected chi connectivity index (χ3v) is 4.41. The molecule has 0 aliphatic carbocycles. The molecule has 0 N–H and O–H groups in total. The van der Waals surface area contributed by atoms with Gasteiger partial charge in [-0.1, -0.05) is 20.8 Å². The summed E-state index contributed by atoms with van der Waals surface area (Å²) in [6.07, 6.45) is 0. The molecule has 0 aliphatic heterocycles. The fourth-order valence-electron chi connectivity index (χ4n) is 2.05. The smallest absolute Gasteiger partial charge is 0.139 e. The Bertz CT molecular complexity index is 616. The van der Waals surface area contributed by atoms with Crippen LogP contribution < -0.4 is 0 Å². The molecule has 0 radical (unpaired) electrons. The number of nitrogens with zero attached hydrogens (tertiary/aromatic N) is 2. The van der Waals surface area contributed by atoms with Gasteiger partial charge >= 0.3 is 0 Å². The maximum Gasteiger partial charge on any atom is 0.139 e. The first kappa shape index (κ1) is 14.8. The van der Waals surface area contributed by atoms with E-state index >= 15 is 0 Å². The molecule has 1 heterocycles. The fourth-order valence-corrected chi connectivity index (χ4v) is 2.57. The molecular formula is C14H17BrClFN2. The van der Waals surface area contributed by atoms with Crippen LogP contribution in [0.4, 0.5) is 4.39 Å². The largest absolute Gasteiger partial charge is 0.324 e. The summed E-state index contributed by atoms with van der Waals surface area (Å²) in [7, 11) is 0. The number of fused-ring (bicyclic) bond motifs is 1. The zero-order valence-electron chi connectivity index (χ0n) is 11.5. The van der Waals surface area contributed by atoms with Gasteiger partial charge in [0.05, 0.1) is 21.4 Å². The summed E-state index contributed by atoms with van der Waals surface area (Å²) in [5, 5.41) is 0. The topological polar surface area (TPSA) is 17.8 Å². The molecule has 2 nitrogen and oxygen atoms in total. The summed E-state index contributed by atoms with van der Waals surface area (Å²) >= 11 is 9.22. The zero-order valence-corrected chi connectivity index (χ0v) is 13.8. The Morgan fingerprint density at radius 3 is 2.58 bits per heavy atom. The lowest BCUT2D eigenvalue weighted by atomic mass is 9.87. The molecular weight excluding hydrogens is 331 g/mol. The van der Waals surface area contributed by atoms with Crippen LogP contribution in [0.2, 0.25) is 0 Å². The van der Waals surface area contributed by atoms with Gasteiger partial charge in [0.15, 0.2) is 0 Å². The minimum absolute atomic E-state index is 0.0648. The van der Waals surface area contributed by atoms with Crippen molar-refractivity contribution in [3.8, 4) is 0 Å². The second-order valence-corrected chi connectivity index (χ2v) is 6.95. The Morgan fingerprint density at radius 1 is 1.42 bits per heavy atom. The van der Waals surface area contributed by atoms with Gasteiger partial charge in [0.25, 0.3) is 0 Å². The van der Waals surface area contributed by atoms with Gasteiger partial charge in [0.1, 0.15) is 11.6 Å². The van der Waals surface area contributed by atoms with Crippen molar-refractivity contribution < 1.29 is 4.39 Å². The number of aromatic nitrogens is 2. The predicted octanol–water partition coefficient (Wildman–Crippen LogP) is 5.28. The molecule has 19 heavy (non-hydrogen) atoms. The van der Waals surface area contributed by atoms with Crippen molar-refractivity contribution in [2.45, 2.75) is 39.6 Å². The molecule has 0 saturated carbocycles. The van der Waals surface area contributed by atoms with E-state index in [-0.39, 0.29) is 17.3 Å². The molecule has 2 rings (SSSR count). The SMILES string of the molecule is CC(n1c(CCl)nc2cc(F)c(Br)cc21)C(C)(C)C. The Balaban J connectivity index is 2.74. The summed E-state index contributed by atoms with van der Waals surface area (Å²) in [6, 6.07) is 3.43. The van der Waals surface area contributed by atoms with Crippen LogP contribution >= 0.6 is 27.5 Å². The molecule has 0 amide bonds. The number of alkyl halides is 1. The van der Waals surface area contributed by atoms with Crippen molar-refractivity contribution in [2.75, 3.05) is 0 Å². The van der Waals surface area contributed by atoms with Gasteiger partial charge < -0.3 is 4.57 Å². The summed E-state index contributed by atoms with van der Waals surface area (Å²) < 4.78 is 16.2.